The van der Waals surface area contributed by atoms with Crippen molar-refractivity contribution in [1.82, 2.24) is 0 Å². The lowest BCUT2D eigenvalue weighted by Crippen LogP contribution is -2.00. The summed E-state index contributed by atoms with van der Waals surface area (Å²) < 4.78 is 17.8. The van der Waals surface area contributed by atoms with Crippen molar-refractivity contribution >= 4 is 0 Å². The maximum atomic E-state index is 12.8. The molecule has 1 atom stereocenters. The van der Waals surface area contributed by atoms with Crippen LogP contribution in [0.15, 0.2) is 48.5 Å². The van der Waals surface area contributed by atoms with Crippen LogP contribution in [-0.2, 0) is 11.3 Å². The van der Waals surface area contributed by atoms with Crippen LogP contribution in [-0.4, -0.2) is 12.2 Å². The second-order valence-electron chi connectivity index (χ2n) is 4.13. The molecule has 0 bridgehead atoms. The van der Waals surface area contributed by atoms with Crippen LogP contribution in [0.4, 0.5) is 4.39 Å². The number of halogens is 1. The fraction of sp³-hybridized carbons (Fsp3) is 0.200. The fourth-order valence-electron chi connectivity index (χ4n) is 1.80. The first kappa shape index (κ1) is 12.7. The lowest BCUT2D eigenvalue weighted by molar-refractivity contribution is 0.184. The minimum Gasteiger partial charge on any atom is -0.384 e. The molecule has 3 heteroatoms. The maximum Gasteiger partial charge on any atom is 0.123 e. The number of methoxy groups -OCH3 is 1. The zero-order valence-electron chi connectivity index (χ0n) is 10.1. The number of aliphatic hydroxyl groups is 1. The largest absolute Gasteiger partial charge is 0.384 e. The zero-order chi connectivity index (χ0) is 13.0. The Balaban J connectivity index is 2.17. The van der Waals surface area contributed by atoms with Gasteiger partial charge in [-0.2, -0.15) is 0 Å². The molecule has 0 heterocycles. The van der Waals surface area contributed by atoms with E-state index in [0.29, 0.717) is 12.2 Å². The second kappa shape index (κ2) is 5.76. The molecule has 0 aliphatic rings. The van der Waals surface area contributed by atoms with Crippen LogP contribution in [0, 0.1) is 5.82 Å². The molecule has 2 rings (SSSR count). The molecule has 94 valence electrons. The number of hydrogen-bond acceptors (Lipinski definition) is 2. The predicted molar refractivity (Wildman–Crippen MR) is 67.6 cm³/mol. The molecule has 2 aromatic carbocycles. The molecule has 0 amide bonds. The van der Waals surface area contributed by atoms with Gasteiger partial charge in [0.1, 0.15) is 11.9 Å². The quantitative estimate of drug-likeness (QED) is 0.898. The third-order valence-corrected chi connectivity index (χ3v) is 2.79. The van der Waals surface area contributed by atoms with Crippen molar-refractivity contribution < 1.29 is 14.2 Å². The van der Waals surface area contributed by atoms with E-state index in [-0.39, 0.29) is 5.82 Å². The van der Waals surface area contributed by atoms with E-state index in [1.807, 2.05) is 24.3 Å². The van der Waals surface area contributed by atoms with Gasteiger partial charge in [-0.3, -0.25) is 0 Å². The average molecular weight is 246 g/mol. The molecule has 0 saturated carbocycles. The number of benzene rings is 2. The Bertz CT molecular complexity index is 491. The van der Waals surface area contributed by atoms with Crippen molar-refractivity contribution in [3.05, 3.63) is 71.0 Å². The summed E-state index contributed by atoms with van der Waals surface area (Å²) in [5.41, 5.74) is 2.50. The van der Waals surface area contributed by atoms with Gasteiger partial charge in [0.05, 0.1) is 6.61 Å². The predicted octanol–water partition coefficient (Wildman–Crippen LogP) is 3.05. The molecule has 1 N–H and O–H groups in total. The Hall–Kier alpha value is -1.71. The van der Waals surface area contributed by atoms with E-state index >= 15 is 0 Å². The average Bonchev–Trinajstić information content (AvgIpc) is 2.40. The van der Waals surface area contributed by atoms with Gasteiger partial charge in [0.25, 0.3) is 0 Å². The first-order chi connectivity index (χ1) is 8.70. The molecule has 0 aliphatic heterocycles. The van der Waals surface area contributed by atoms with Gasteiger partial charge in [-0.1, -0.05) is 36.4 Å². The molecule has 2 aromatic rings. The Morgan fingerprint density at radius 2 is 1.50 bits per heavy atom. The summed E-state index contributed by atoms with van der Waals surface area (Å²) in [7, 11) is 1.64. The third kappa shape index (κ3) is 2.94. The van der Waals surface area contributed by atoms with Crippen LogP contribution in [0.5, 0.6) is 0 Å². The number of ether oxygens (including phenoxy) is 1. The van der Waals surface area contributed by atoms with Crippen LogP contribution >= 0.6 is 0 Å². The summed E-state index contributed by atoms with van der Waals surface area (Å²) in [6.45, 7) is 0.549. The van der Waals surface area contributed by atoms with E-state index in [0.717, 1.165) is 11.1 Å². The van der Waals surface area contributed by atoms with E-state index in [1.54, 1.807) is 19.2 Å². The molecular weight excluding hydrogens is 231 g/mol. The molecule has 0 radical (unpaired) electrons. The van der Waals surface area contributed by atoms with Gasteiger partial charge in [0.2, 0.25) is 0 Å². The SMILES string of the molecule is COCc1ccc(C(O)c2ccc(F)cc2)cc1. The normalized spacial score (nSPS) is 12.4. The first-order valence-corrected chi connectivity index (χ1v) is 5.72. The summed E-state index contributed by atoms with van der Waals surface area (Å²) in [6, 6.07) is 13.4. The van der Waals surface area contributed by atoms with Gasteiger partial charge >= 0.3 is 0 Å². The summed E-state index contributed by atoms with van der Waals surface area (Å²) in [5.74, 6) is -0.304. The molecule has 0 aromatic heterocycles. The third-order valence-electron chi connectivity index (χ3n) is 2.79. The smallest absolute Gasteiger partial charge is 0.123 e. The Kier molecular flexibility index (Phi) is 4.07. The van der Waals surface area contributed by atoms with Crippen molar-refractivity contribution in [2.24, 2.45) is 0 Å². The van der Waals surface area contributed by atoms with Crippen LogP contribution in [0.25, 0.3) is 0 Å². The van der Waals surface area contributed by atoms with Crippen LogP contribution < -0.4 is 0 Å². The monoisotopic (exact) mass is 246 g/mol. The van der Waals surface area contributed by atoms with Gasteiger partial charge in [-0.25, -0.2) is 4.39 Å². The minimum absolute atomic E-state index is 0.304. The second-order valence-corrected chi connectivity index (χ2v) is 4.13. The summed E-state index contributed by atoms with van der Waals surface area (Å²) in [6.07, 6.45) is -0.734. The van der Waals surface area contributed by atoms with Crippen molar-refractivity contribution in [2.45, 2.75) is 12.7 Å². The van der Waals surface area contributed by atoms with Gasteiger partial charge in [-0.15, -0.1) is 0 Å². The van der Waals surface area contributed by atoms with Gasteiger partial charge in [-0.05, 0) is 28.8 Å². The molecule has 0 aliphatic carbocycles. The summed E-state index contributed by atoms with van der Waals surface area (Å²) in [5, 5.41) is 10.1. The molecule has 0 fully saturated rings. The van der Waals surface area contributed by atoms with Gasteiger partial charge < -0.3 is 9.84 Å². The molecule has 18 heavy (non-hydrogen) atoms. The standard InChI is InChI=1S/C15H15FO2/c1-18-10-11-2-4-12(5-3-11)15(17)13-6-8-14(16)9-7-13/h2-9,15,17H,10H2,1H3. The summed E-state index contributed by atoms with van der Waals surface area (Å²) in [4.78, 5) is 0. The fourth-order valence-corrected chi connectivity index (χ4v) is 1.80. The van der Waals surface area contributed by atoms with E-state index in [9.17, 15) is 9.50 Å². The Morgan fingerprint density at radius 3 is 2.00 bits per heavy atom. The topological polar surface area (TPSA) is 29.5 Å². The highest BCUT2D eigenvalue weighted by Gasteiger charge is 2.10. The van der Waals surface area contributed by atoms with Crippen molar-refractivity contribution in [2.75, 3.05) is 7.11 Å². The van der Waals surface area contributed by atoms with E-state index in [2.05, 4.69) is 0 Å². The zero-order valence-corrected chi connectivity index (χ0v) is 10.1. The number of hydrogen-bond donors (Lipinski definition) is 1. The lowest BCUT2D eigenvalue weighted by Gasteiger charge is -2.12. The summed E-state index contributed by atoms with van der Waals surface area (Å²) >= 11 is 0. The Labute approximate surface area is 106 Å². The number of aliphatic hydroxyl groups excluding tert-OH is 1. The number of rotatable bonds is 4. The van der Waals surface area contributed by atoms with Crippen LogP contribution in [0.3, 0.4) is 0 Å². The van der Waals surface area contributed by atoms with Crippen molar-refractivity contribution in [3.8, 4) is 0 Å². The molecule has 0 saturated heterocycles. The van der Waals surface area contributed by atoms with E-state index in [4.69, 9.17) is 4.74 Å². The highest BCUT2D eigenvalue weighted by Crippen LogP contribution is 2.22. The van der Waals surface area contributed by atoms with Crippen molar-refractivity contribution in [1.29, 1.82) is 0 Å². The highest BCUT2D eigenvalue weighted by molar-refractivity contribution is 5.31. The molecule has 1 unspecified atom stereocenters. The maximum absolute atomic E-state index is 12.8. The molecule has 0 spiro atoms. The molecule has 2 nitrogen and oxygen atoms in total. The van der Waals surface area contributed by atoms with Crippen molar-refractivity contribution in [3.63, 3.8) is 0 Å². The van der Waals surface area contributed by atoms with E-state index in [1.165, 1.54) is 12.1 Å². The highest BCUT2D eigenvalue weighted by atomic mass is 19.1. The van der Waals surface area contributed by atoms with Crippen LogP contribution in [0.2, 0.25) is 0 Å². The van der Waals surface area contributed by atoms with Gasteiger partial charge in [0.15, 0.2) is 0 Å². The minimum atomic E-state index is -0.734. The molecular formula is C15H15FO2. The first-order valence-electron chi connectivity index (χ1n) is 5.72. The van der Waals surface area contributed by atoms with E-state index < -0.39 is 6.10 Å². The lowest BCUT2D eigenvalue weighted by atomic mass is 10.0. The Morgan fingerprint density at radius 1 is 1.00 bits per heavy atom. The van der Waals surface area contributed by atoms with Crippen LogP contribution in [0.1, 0.15) is 22.8 Å². The van der Waals surface area contributed by atoms with Gasteiger partial charge in [0, 0.05) is 7.11 Å².